The van der Waals surface area contributed by atoms with Crippen LogP contribution in [0.3, 0.4) is 0 Å². The summed E-state index contributed by atoms with van der Waals surface area (Å²) < 4.78 is 5.53. The highest BCUT2D eigenvalue weighted by Gasteiger charge is 2.19. The van der Waals surface area contributed by atoms with Gasteiger partial charge in [0.1, 0.15) is 0 Å². The fraction of sp³-hybridized carbons (Fsp3) is 0. The molecule has 3 aromatic heterocycles. The highest BCUT2D eigenvalue weighted by atomic mass is 32.1. The molecule has 8 aromatic rings. The maximum Gasteiger partial charge on any atom is 0.0478 e. The van der Waals surface area contributed by atoms with Crippen LogP contribution in [-0.4, -0.2) is 4.98 Å². The molecule has 0 aliphatic carbocycles. The van der Waals surface area contributed by atoms with Crippen molar-refractivity contribution in [1.29, 1.82) is 0 Å². The Morgan fingerprint density at radius 2 is 0.966 bits per heavy atom. The van der Waals surface area contributed by atoms with Gasteiger partial charge in [-0.3, -0.25) is 0 Å². The summed E-state index contributed by atoms with van der Waals surface area (Å²) in [7, 11) is 0. The van der Waals surface area contributed by atoms with E-state index in [1.54, 1.807) is 0 Å². The minimum atomic E-state index is 1.25. The molecule has 5 aromatic carbocycles. The van der Waals surface area contributed by atoms with E-state index in [4.69, 9.17) is 0 Å². The van der Waals surface area contributed by atoms with Crippen molar-refractivity contribution in [3.05, 3.63) is 72.8 Å². The van der Waals surface area contributed by atoms with Crippen molar-refractivity contribution in [2.24, 2.45) is 0 Å². The maximum atomic E-state index is 3.76. The number of nitrogens with one attached hydrogen (secondary N) is 1. The van der Waals surface area contributed by atoms with Gasteiger partial charge in [0, 0.05) is 72.9 Å². The predicted octanol–water partition coefficient (Wildman–Crippen LogP) is 8.65. The van der Waals surface area contributed by atoms with E-state index in [0.29, 0.717) is 0 Å². The van der Waals surface area contributed by atoms with Crippen molar-refractivity contribution in [3.63, 3.8) is 0 Å². The van der Waals surface area contributed by atoms with Crippen molar-refractivity contribution in [3.8, 4) is 0 Å². The summed E-state index contributed by atoms with van der Waals surface area (Å²) in [5, 5.41) is 11.0. The zero-order chi connectivity index (χ0) is 18.7. The monoisotopic (exact) mass is 403 g/mol. The minimum Gasteiger partial charge on any atom is -0.354 e. The summed E-state index contributed by atoms with van der Waals surface area (Å²) >= 11 is 3.83. The molecule has 0 bridgehead atoms. The van der Waals surface area contributed by atoms with E-state index >= 15 is 0 Å². The average Bonchev–Trinajstić information content (AvgIpc) is 3.43. The number of aromatic amines is 1. The zero-order valence-electron chi connectivity index (χ0n) is 15.2. The number of rotatable bonds is 0. The lowest BCUT2D eigenvalue weighted by Crippen LogP contribution is -1.77. The molecule has 1 N–H and O–H groups in total. The van der Waals surface area contributed by atoms with Crippen LogP contribution in [0.2, 0.25) is 0 Å². The van der Waals surface area contributed by atoms with Crippen LogP contribution in [0.25, 0.3) is 72.9 Å². The molecule has 0 aliphatic heterocycles. The molecule has 0 saturated carbocycles. The van der Waals surface area contributed by atoms with E-state index in [-0.39, 0.29) is 0 Å². The SMILES string of the molecule is c1ccc2c(c1)sc1c2cc2[nH]c3cc4c5ccccc5sc4c4ccc1c2c34. The molecule has 3 heteroatoms. The van der Waals surface area contributed by atoms with E-state index in [2.05, 4.69) is 77.8 Å². The van der Waals surface area contributed by atoms with Crippen LogP contribution >= 0.6 is 22.7 Å². The molecule has 0 aliphatic rings. The lowest BCUT2D eigenvalue weighted by molar-refractivity contribution is 1.57. The average molecular weight is 404 g/mol. The molecular weight excluding hydrogens is 390 g/mol. The van der Waals surface area contributed by atoms with Gasteiger partial charge in [0.15, 0.2) is 0 Å². The van der Waals surface area contributed by atoms with E-state index < -0.39 is 0 Å². The van der Waals surface area contributed by atoms with Gasteiger partial charge in [0.2, 0.25) is 0 Å². The van der Waals surface area contributed by atoms with Gasteiger partial charge in [-0.15, -0.1) is 22.7 Å². The van der Waals surface area contributed by atoms with Gasteiger partial charge in [0.25, 0.3) is 0 Å². The lowest BCUT2D eigenvalue weighted by atomic mass is 9.98. The summed E-state index contributed by atoms with van der Waals surface area (Å²) in [4.78, 5) is 3.76. The Morgan fingerprint density at radius 1 is 0.483 bits per heavy atom. The lowest BCUT2D eigenvalue weighted by Gasteiger charge is -2.04. The third-order valence-corrected chi connectivity index (χ3v) is 8.79. The van der Waals surface area contributed by atoms with Gasteiger partial charge < -0.3 is 4.98 Å². The Kier molecular flexibility index (Phi) is 2.49. The predicted molar refractivity (Wildman–Crippen MR) is 130 cm³/mol. The van der Waals surface area contributed by atoms with Crippen LogP contribution in [0.5, 0.6) is 0 Å². The normalized spacial score (nSPS) is 12.8. The molecule has 0 fully saturated rings. The first-order valence-electron chi connectivity index (χ1n) is 9.79. The third kappa shape index (κ3) is 1.68. The number of hydrogen-bond acceptors (Lipinski definition) is 2. The molecule has 29 heavy (non-hydrogen) atoms. The number of thiophene rings is 2. The topological polar surface area (TPSA) is 15.8 Å². The highest BCUT2D eigenvalue weighted by molar-refractivity contribution is 7.27. The van der Waals surface area contributed by atoms with E-state index in [1.165, 1.54) is 72.9 Å². The second-order valence-electron chi connectivity index (χ2n) is 7.83. The molecule has 1 nitrogen and oxygen atoms in total. The third-order valence-electron chi connectivity index (χ3n) is 6.35. The van der Waals surface area contributed by atoms with Gasteiger partial charge in [-0.1, -0.05) is 48.5 Å². The first kappa shape index (κ1) is 14.8. The smallest absolute Gasteiger partial charge is 0.0478 e. The van der Waals surface area contributed by atoms with Crippen LogP contribution in [0.15, 0.2) is 72.8 Å². The van der Waals surface area contributed by atoms with E-state index in [1.807, 2.05) is 22.7 Å². The first-order chi connectivity index (χ1) is 14.4. The fourth-order valence-corrected chi connectivity index (χ4v) is 7.56. The molecule has 0 unspecified atom stereocenters. The number of fused-ring (bicyclic) bond motifs is 8. The molecule has 8 rings (SSSR count). The summed E-state index contributed by atoms with van der Waals surface area (Å²) in [6.07, 6.45) is 0. The second-order valence-corrected chi connectivity index (χ2v) is 9.94. The summed E-state index contributed by atoms with van der Waals surface area (Å²) in [5.41, 5.74) is 2.50. The fourth-order valence-electron chi connectivity index (χ4n) is 5.13. The number of hydrogen-bond donors (Lipinski definition) is 1. The van der Waals surface area contributed by atoms with E-state index in [0.717, 1.165) is 0 Å². The number of aromatic nitrogens is 1. The van der Waals surface area contributed by atoms with E-state index in [9.17, 15) is 0 Å². The molecular formula is C26H13NS2. The Hall–Kier alpha value is -3.14. The number of benzene rings is 5. The molecule has 134 valence electrons. The van der Waals surface area contributed by atoms with Crippen molar-refractivity contribution in [2.75, 3.05) is 0 Å². The second kappa shape index (κ2) is 4.88. The van der Waals surface area contributed by atoms with Crippen LogP contribution in [0.4, 0.5) is 0 Å². The molecule has 0 atom stereocenters. The Labute approximate surface area is 173 Å². The van der Waals surface area contributed by atoms with Crippen LogP contribution in [0, 0.1) is 0 Å². The first-order valence-corrected chi connectivity index (χ1v) is 11.4. The Balaban J connectivity index is 1.66. The molecule has 3 heterocycles. The molecule has 0 amide bonds. The minimum absolute atomic E-state index is 1.25. The van der Waals surface area contributed by atoms with Crippen LogP contribution in [-0.2, 0) is 0 Å². The van der Waals surface area contributed by atoms with Crippen molar-refractivity contribution in [2.45, 2.75) is 0 Å². The number of H-pyrrole nitrogens is 1. The molecule has 0 radical (unpaired) electrons. The van der Waals surface area contributed by atoms with Gasteiger partial charge in [-0.05, 0) is 24.3 Å². The molecule has 0 saturated heterocycles. The van der Waals surface area contributed by atoms with Gasteiger partial charge in [-0.25, -0.2) is 0 Å². The maximum absolute atomic E-state index is 3.76. The standard InChI is InChI=1S/C26H13NS2/c1-3-7-21-13(5-1)17-11-19-23-15(25(17)28-21)9-10-16-24(23)20(27-19)12-18-14-6-2-4-8-22(14)29-26(16)18/h1-12,27H. The van der Waals surface area contributed by atoms with Gasteiger partial charge in [0.05, 0.1) is 0 Å². The molecule has 0 spiro atoms. The quantitative estimate of drug-likeness (QED) is 0.244. The largest absolute Gasteiger partial charge is 0.354 e. The highest BCUT2D eigenvalue weighted by Crippen LogP contribution is 2.47. The van der Waals surface area contributed by atoms with Gasteiger partial charge >= 0.3 is 0 Å². The van der Waals surface area contributed by atoms with Crippen LogP contribution in [0.1, 0.15) is 0 Å². The summed E-state index contributed by atoms with van der Waals surface area (Å²) in [5.74, 6) is 0. The van der Waals surface area contributed by atoms with Gasteiger partial charge in [-0.2, -0.15) is 0 Å². The Bertz CT molecular complexity index is 1770. The van der Waals surface area contributed by atoms with Crippen molar-refractivity contribution < 1.29 is 0 Å². The summed E-state index contributed by atoms with van der Waals surface area (Å²) in [6.45, 7) is 0. The Morgan fingerprint density at radius 3 is 1.48 bits per heavy atom. The summed E-state index contributed by atoms with van der Waals surface area (Å²) in [6, 6.07) is 26.9. The zero-order valence-corrected chi connectivity index (χ0v) is 16.9. The van der Waals surface area contributed by atoms with Crippen LogP contribution < -0.4 is 0 Å². The van der Waals surface area contributed by atoms with Crippen molar-refractivity contribution >= 4 is 95.6 Å². The van der Waals surface area contributed by atoms with Crippen molar-refractivity contribution in [1.82, 2.24) is 4.98 Å².